The van der Waals surface area contributed by atoms with Crippen LogP contribution in [-0.2, 0) is 19.1 Å². The second kappa shape index (κ2) is 5.69. The van der Waals surface area contributed by atoms with Crippen molar-refractivity contribution in [2.45, 2.75) is 32.3 Å². The van der Waals surface area contributed by atoms with Crippen LogP contribution in [0.15, 0.2) is 0 Å². The smallest absolute Gasteiger partial charge is 0.310 e. The lowest BCUT2D eigenvalue weighted by Crippen LogP contribution is -2.47. The van der Waals surface area contributed by atoms with Crippen LogP contribution in [0, 0.1) is 11.8 Å². The summed E-state index contributed by atoms with van der Waals surface area (Å²) in [6, 6.07) is 0. The van der Waals surface area contributed by atoms with Crippen LogP contribution in [0.4, 0.5) is 0 Å². The van der Waals surface area contributed by atoms with Crippen LogP contribution in [0.3, 0.4) is 0 Å². The third-order valence-corrected chi connectivity index (χ3v) is 3.90. The van der Waals surface area contributed by atoms with E-state index in [1.165, 1.54) is 7.11 Å². The minimum absolute atomic E-state index is 0.0357. The number of hydrogen-bond donors (Lipinski definition) is 0. The number of carbonyl (C=O) groups excluding carboxylic acids is 2. The fraction of sp³-hybridized carbons (Fsp3) is 0.846. The van der Waals surface area contributed by atoms with Crippen LogP contribution in [0.25, 0.3) is 0 Å². The molecular formula is C13H21NO4. The summed E-state index contributed by atoms with van der Waals surface area (Å²) in [4.78, 5) is 25.6. The molecule has 0 aliphatic carbocycles. The largest absolute Gasteiger partial charge is 0.469 e. The second-order valence-electron chi connectivity index (χ2n) is 5.20. The van der Waals surface area contributed by atoms with E-state index in [4.69, 9.17) is 9.47 Å². The molecule has 3 unspecified atom stereocenters. The third-order valence-electron chi connectivity index (χ3n) is 3.90. The first-order chi connectivity index (χ1) is 8.63. The molecule has 0 aromatic rings. The summed E-state index contributed by atoms with van der Waals surface area (Å²) in [7, 11) is 1.39. The Labute approximate surface area is 107 Å². The lowest BCUT2D eigenvalue weighted by molar-refractivity contribution is -0.151. The predicted octanol–water partition coefficient (Wildman–Crippen LogP) is 0.823. The van der Waals surface area contributed by atoms with Crippen LogP contribution >= 0.6 is 0 Å². The highest BCUT2D eigenvalue weighted by molar-refractivity contribution is 5.82. The van der Waals surface area contributed by atoms with Crippen molar-refractivity contribution in [2.75, 3.05) is 26.8 Å². The number of amides is 1. The quantitative estimate of drug-likeness (QED) is 0.686. The van der Waals surface area contributed by atoms with Gasteiger partial charge in [-0.25, -0.2) is 0 Å². The lowest BCUT2D eigenvalue weighted by Gasteiger charge is -2.33. The molecule has 0 aromatic carbocycles. The zero-order chi connectivity index (χ0) is 13.1. The number of nitrogens with zero attached hydrogens (tertiary/aromatic N) is 1. The van der Waals surface area contributed by atoms with Gasteiger partial charge in [-0.05, 0) is 25.2 Å². The average molecular weight is 255 g/mol. The monoisotopic (exact) mass is 255 g/mol. The Balaban J connectivity index is 1.96. The van der Waals surface area contributed by atoms with Crippen LogP contribution in [0.5, 0.6) is 0 Å². The number of carbonyl (C=O) groups is 2. The molecule has 0 N–H and O–H groups in total. The highest BCUT2D eigenvalue weighted by Gasteiger charge is 2.37. The Bertz CT molecular complexity index is 331. The van der Waals surface area contributed by atoms with Crippen molar-refractivity contribution < 1.29 is 19.1 Å². The van der Waals surface area contributed by atoms with E-state index in [1.807, 2.05) is 6.92 Å². The molecule has 2 aliphatic heterocycles. The Morgan fingerprint density at radius 3 is 2.72 bits per heavy atom. The van der Waals surface area contributed by atoms with Gasteiger partial charge in [-0.2, -0.15) is 0 Å². The van der Waals surface area contributed by atoms with Crippen molar-refractivity contribution >= 4 is 11.9 Å². The topological polar surface area (TPSA) is 55.8 Å². The molecule has 1 amide bonds. The van der Waals surface area contributed by atoms with Crippen LogP contribution in [0.2, 0.25) is 0 Å². The molecule has 2 saturated heterocycles. The van der Waals surface area contributed by atoms with E-state index < -0.39 is 0 Å². The molecule has 18 heavy (non-hydrogen) atoms. The molecule has 2 fully saturated rings. The van der Waals surface area contributed by atoms with E-state index in [0.29, 0.717) is 13.2 Å². The number of likely N-dealkylation sites (tertiary alicyclic amines) is 1. The predicted molar refractivity (Wildman–Crippen MR) is 64.8 cm³/mol. The van der Waals surface area contributed by atoms with E-state index >= 15 is 0 Å². The zero-order valence-electron chi connectivity index (χ0n) is 11.1. The van der Waals surface area contributed by atoms with Gasteiger partial charge < -0.3 is 14.4 Å². The number of rotatable bonds is 2. The standard InChI is InChI=1S/C13H21NO4/c1-9-5-7-18-11(9)12(15)14-6-3-4-10(8-14)13(16)17-2/h9-11H,3-8H2,1-2H3. The van der Waals surface area contributed by atoms with E-state index in [1.54, 1.807) is 4.90 Å². The molecule has 0 aromatic heterocycles. The van der Waals surface area contributed by atoms with Crippen molar-refractivity contribution in [3.63, 3.8) is 0 Å². The molecule has 102 valence electrons. The van der Waals surface area contributed by atoms with E-state index in [9.17, 15) is 9.59 Å². The third kappa shape index (κ3) is 2.66. The van der Waals surface area contributed by atoms with Gasteiger partial charge in [0.05, 0.1) is 13.0 Å². The molecule has 5 heteroatoms. The van der Waals surface area contributed by atoms with Crippen LogP contribution < -0.4 is 0 Å². The summed E-state index contributed by atoms with van der Waals surface area (Å²) < 4.78 is 10.3. The van der Waals surface area contributed by atoms with Gasteiger partial charge in [0.2, 0.25) is 0 Å². The van der Waals surface area contributed by atoms with Gasteiger partial charge in [0.25, 0.3) is 5.91 Å². The van der Waals surface area contributed by atoms with Crippen LogP contribution in [-0.4, -0.2) is 49.7 Å². The lowest BCUT2D eigenvalue weighted by atomic mass is 9.96. The molecule has 0 saturated carbocycles. The number of esters is 1. The van der Waals surface area contributed by atoms with E-state index in [2.05, 4.69) is 0 Å². The molecule has 0 radical (unpaired) electrons. The van der Waals surface area contributed by atoms with Gasteiger partial charge in [-0.15, -0.1) is 0 Å². The first-order valence-electron chi connectivity index (χ1n) is 6.61. The van der Waals surface area contributed by atoms with E-state index in [-0.39, 0.29) is 29.8 Å². The Hall–Kier alpha value is -1.10. The maximum atomic E-state index is 12.3. The van der Waals surface area contributed by atoms with Gasteiger partial charge in [-0.3, -0.25) is 9.59 Å². The van der Waals surface area contributed by atoms with Crippen molar-refractivity contribution in [3.05, 3.63) is 0 Å². The summed E-state index contributed by atoms with van der Waals surface area (Å²) in [5.41, 5.74) is 0. The van der Waals surface area contributed by atoms with E-state index in [0.717, 1.165) is 25.8 Å². The fourth-order valence-corrected chi connectivity index (χ4v) is 2.73. The van der Waals surface area contributed by atoms with Gasteiger partial charge in [0, 0.05) is 19.7 Å². The number of piperidine rings is 1. The highest BCUT2D eigenvalue weighted by Crippen LogP contribution is 2.25. The van der Waals surface area contributed by atoms with Gasteiger partial charge >= 0.3 is 5.97 Å². The zero-order valence-corrected chi connectivity index (χ0v) is 11.1. The maximum absolute atomic E-state index is 12.3. The molecule has 3 atom stereocenters. The first kappa shape index (κ1) is 13.3. The first-order valence-corrected chi connectivity index (χ1v) is 6.61. The minimum atomic E-state index is -0.318. The molecule has 2 aliphatic rings. The summed E-state index contributed by atoms with van der Waals surface area (Å²) in [5, 5.41) is 0. The average Bonchev–Trinajstić information content (AvgIpc) is 2.83. The van der Waals surface area contributed by atoms with Gasteiger partial charge in [-0.1, -0.05) is 6.92 Å². The number of ether oxygens (including phenoxy) is 2. The fourth-order valence-electron chi connectivity index (χ4n) is 2.73. The summed E-state index contributed by atoms with van der Waals surface area (Å²) in [5.74, 6) is -0.0816. The molecule has 0 bridgehead atoms. The molecule has 5 nitrogen and oxygen atoms in total. The molecular weight excluding hydrogens is 234 g/mol. The molecule has 2 heterocycles. The summed E-state index contributed by atoms with van der Waals surface area (Å²) in [6.07, 6.45) is 2.27. The SMILES string of the molecule is COC(=O)C1CCCN(C(=O)C2OCCC2C)C1. The second-order valence-corrected chi connectivity index (χ2v) is 5.20. The van der Waals surface area contributed by atoms with Crippen molar-refractivity contribution in [1.29, 1.82) is 0 Å². The van der Waals surface area contributed by atoms with Gasteiger partial charge in [0.1, 0.15) is 6.10 Å². The van der Waals surface area contributed by atoms with Crippen LogP contribution in [0.1, 0.15) is 26.2 Å². The Morgan fingerprint density at radius 1 is 1.33 bits per heavy atom. The van der Waals surface area contributed by atoms with Crippen molar-refractivity contribution in [3.8, 4) is 0 Å². The molecule has 0 spiro atoms. The Morgan fingerprint density at radius 2 is 2.11 bits per heavy atom. The number of methoxy groups -OCH3 is 1. The van der Waals surface area contributed by atoms with Crippen molar-refractivity contribution in [2.24, 2.45) is 11.8 Å². The van der Waals surface area contributed by atoms with Crippen molar-refractivity contribution in [1.82, 2.24) is 4.90 Å². The van der Waals surface area contributed by atoms with Gasteiger partial charge in [0.15, 0.2) is 0 Å². The highest BCUT2D eigenvalue weighted by atomic mass is 16.5. The normalized spacial score (nSPS) is 32.3. The Kier molecular flexibility index (Phi) is 4.22. The number of hydrogen-bond acceptors (Lipinski definition) is 4. The summed E-state index contributed by atoms with van der Waals surface area (Å²) >= 11 is 0. The maximum Gasteiger partial charge on any atom is 0.310 e. The summed E-state index contributed by atoms with van der Waals surface area (Å²) in [6.45, 7) is 3.89. The molecule has 2 rings (SSSR count). The minimum Gasteiger partial charge on any atom is -0.469 e.